The van der Waals surface area contributed by atoms with Crippen LogP contribution in [0.4, 0.5) is 5.69 Å². The van der Waals surface area contributed by atoms with E-state index in [2.05, 4.69) is 39.0 Å². The zero-order valence-corrected chi connectivity index (χ0v) is 9.61. The van der Waals surface area contributed by atoms with E-state index < -0.39 is 0 Å². The second-order valence-electron chi connectivity index (χ2n) is 3.25. The molecule has 1 fully saturated rings. The van der Waals surface area contributed by atoms with Crippen LogP contribution in [0.3, 0.4) is 0 Å². The van der Waals surface area contributed by atoms with E-state index in [4.69, 9.17) is 11.6 Å². The maximum atomic E-state index is 6.10. The minimum Gasteiger partial charge on any atom is -0.371 e. The second kappa shape index (κ2) is 3.89. The molecule has 0 atom stereocenters. The summed E-state index contributed by atoms with van der Waals surface area (Å²) in [6, 6.07) is 6.28. The highest BCUT2D eigenvalue weighted by Gasteiger charge is 2.14. The summed E-state index contributed by atoms with van der Waals surface area (Å²) in [5.74, 6) is 0. The van der Waals surface area contributed by atoms with Crippen LogP contribution in [0.5, 0.6) is 0 Å². The Hall–Kier alpha value is -0.210. The average Bonchev–Trinajstić information content (AvgIpc) is 2.01. The Bertz CT molecular complexity index is 310. The van der Waals surface area contributed by atoms with Gasteiger partial charge >= 0.3 is 0 Å². The van der Waals surface area contributed by atoms with Gasteiger partial charge in [0.15, 0.2) is 0 Å². The first-order valence-electron chi connectivity index (χ1n) is 4.40. The van der Waals surface area contributed by atoms with Crippen LogP contribution in [-0.2, 0) is 5.33 Å². The van der Waals surface area contributed by atoms with Crippen LogP contribution < -0.4 is 4.90 Å². The number of halogens is 2. The fourth-order valence-electron chi connectivity index (χ4n) is 1.42. The van der Waals surface area contributed by atoms with E-state index in [0.717, 1.165) is 15.9 Å². The molecule has 0 spiro atoms. The molecular formula is C10H11BrClN. The maximum absolute atomic E-state index is 6.10. The second-order valence-corrected chi connectivity index (χ2v) is 4.22. The number of alkyl halides is 1. The van der Waals surface area contributed by atoms with Gasteiger partial charge in [0, 0.05) is 29.1 Å². The van der Waals surface area contributed by atoms with Crippen molar-refractivity contribution in [3.8, 4) is 0 Å². The molecule has 1 aliphatic heterocycles. The highest BCUT2D eigenvalue weighted by atomic mass is 79.9. The number of rotatable bonds is 2. The lowest BCUT2D eigenvalue weighted by atomic mass is 10.1. The summed E-state index contributed by atoms with van der Waals surface area (Å²) in [6.07, 6.45) is 1.30. The highest BCUT2D eigenvalue weighted by Crippen LogP contribution is 2.27. The molecule has 13 heavy (non-hydrogen) atoms. The van der Waals surface area contributed by atoms with Crippen LogP contribution in [0.15, 0.2) is 18.2 Å². The summed E-state index contributed by atoms with van der Waals surface area (Å²) in [7, 11) is 0. The molecule has 0 N–H and O–H groups in total. The zero-order chi connectivity index (χ0) is 9.26. The Morgan fingerprint density at radius 3 is 2.62 bits per heavy atom. The standard InChI is InChI=1S/C10H11BrClN/c11-7-8-2-3-9(6-10(8)12)13-4-1-5-13/h2-3,6H,1,4-5,7H2. The summed E-state index contributed by atoms with van der Waals surface area (Å²) >= 11 is 9.50. The largest absolute Gasteiger partial charge is 0.371 e. The van der Waals surface area contributed by atoms with E-state index in [9.17, 15) is 0 Å². The summed E-state index contributed by atoms with van der Waals surface area (Å²) in [5.41, 5.74) is 2.41. The lowest BCUT2D eigenvalue weighted by Crippen LogP contribution is -2.36. The van der Waals surface area contributed by atoms with Crippen molar-refractivity contribution in [2.45, 2.75) is 11.8 Å². The van der Waals surface area contributed by atoms with E-state index in [1.807, 2.05) is 0 Å². The van der Waals surface area contributed by atoms with E-state index in [1.54, 1.807) is 0 Å². The van der Waals surface area contributed by atoms with Crippen molar-refractivity contribution in [2.24, 2.45) is 0 Å². The van der Waals surface area contributed by atoms with Crippen molar-refractivity contribution in [1.29, 1.82) is 0 Å². The van der Waals surface area contributed by atoms with Gasteiger partial charge in [-0.2, -0.15) is 0 Å². The van der Waals surface area contributed by atoms with Crippen LogP contribution in [0.2, 0.25) is 5.02 Å². The number of benzene rings is 1. The molecule has 70 valence electrons. The Labute approximate surface area is 91.8 Å². The SMILES string of the molecule is Clc1cc(N2CCC2)ccc1CBr. The minimum atomic E-state index is 0.826. The first-order valence-corrected chi connectivity index (χ1v) is 5.90. The van der Waals surface area contributed by atoms with Gasteiger partial charge in [0.25, 0.3) is 0 Å². The number of hydrogen-bond donors (Lipinski definition) is 0. The lowest BCUT2D eigenvalue weighted by molar-refractivity contribution is 0.618. The minimum absolute atomic E-state index is 0.826. The molecule has 0 unspecified atom stereocenters. The monoisotopic (exact) mass is 259 g/mol. The molecule has 3 heteroatoms. The van der Waals surface area contributed by atoms with Gasteiger partial charge in [0.2, 0.25) is 0 Å². The van der Waals surface area contributed by atoms with Crippen molar-refractivity contribution in [3.05, 3.63) is 28.8 Å². The molecule has 1 aromatic carbocycles. The summed E-state index contributed by atoms with van der Waals surface area (Å²) in [4.78, 5) is 2.34. The molecular weight excluding hydrogens is 249 g/mol. The van der Waals surface area contributed by atoms with Gasteiger partial charge in [-0.1, -0.05) is 33.6 Å². The fraction of sp³-hybridized carbons (Fsp3) is 0.400. The smallest absolute Gasteiger partial charge is 0.0467 e. The third kappa shape index (κ3) is 1.84. The molecule has 1 heterocycles. The highest BCUT2D eigenvalue weighted by molar-refractivity contribution is 9.08. The summed E-state index contributed by atoms with van der Waals surface area (Å²) in [6.45, 7) is 2.34. The third-order valence-electron chi connectivity index (χ3n) is 2.40. The molecule has 1 aliphatic rings. The Balaban J connectivity index is 2.24. The molecule has 0 aromatic heterocycles. The van der Waals surface area contributed by atoms with Gasteiger partial charge in [0.05, 0.1) is 0 Å². The molecule has 0 saturated carbocycles. The van der Waals surface area contributed by atoms with Gasteiger partial charge in [-0.05, 0) is 24.1 Å². The Kier molecular flexibility index (Phi) is 2.80. The van der Waals surface area contributed by atoms with Crippen molar-refractivity contribution in [1.82, 2.24) is 0 Å². The van der Waals surface area contributed by atoms with E-state index in [0.29, 0.717) is 0 Å². The number of nitrogens with zero attached hydrogens (tertiary/aromatic N) is 1. The van der Waals surface area contributed by atoms with Crippen molar-refractivity contribution in [2.75, 3.05) is 18.0 Å². The van der Waals surface area contributed by atoms with E-state index >= 15 is 0 Å². The van der Waals surface area contributed by atoms with Gasteiger partial charge in [-0.25, -0.2) is 0 Å². The van der Waals surface area contributed by atoms with Gasteiger partial charge in [0.1, 0.15) is 0 Å². The molecule has 1 aromatic rings. The van der Waals surface area contributed by atoms with Crippen LogP contribution >= 0.6 is 27.5 Å². The fourth-order valence-corrected chi connectivity index (χ4v) is 2.31. The van der Waals surface area contributed by atoms with Crippen molar-refractivity contribution >= 4 is 33.2 Å². The quantitative estimate of drug-likeness (QED) is 0.736. The van der Waals surface area contributed by atoms with Crippen LogP contribution in [-0.4, -0.2) is 13.1 Å². The molecule has 2 rings (SSSR count). The van der Waals surface area contributed by atoms with Crippen molar-refractivity contribution < 1.29 is 0 Å². The van der Waals surface area contributed by atoms with Gasteiger partial charge in [-0.3, -0.25) is 0 Å². The van der Waals surface area contributed by atoms with Crippen molar-refractivity contribution in [3.63, 3.8) is 0 Å². The zero-order valence-electron chi connectivity index (χ0n) is 7.26. The third-order valence-corrected chi connectivity index (χ3v) is 3.36. The Morgan fingerprint density at radius 1 is 1.38 bits per heavy atom. The number of hydrogen-bond acceptors (Lipinski definition) is 1. The van der Waals surface area contributed by atoms with Crippen LogP contribution in [0, 0.1) is 0 Å². The first kappa shape index (κ1) is 9.35. The predicted molar refractivity (Wildman–Crippen MR) is 60.9 cm³/mol. The molecule has 0 amide bonds. The average molecular weight is 261 g/mol. The van der Waals surface area contributed by atoms with Gasteiger partial charge < -0.3 is 4.90 Å². The van der Waals surface area contributed by atoms with E-state index in [1.165, 1.54) is 25.2 Å². The lowest BCUT2D eigenvalue weighted by Gasteiger charge is -2.33. The number of anilines is 1. The van der Waals surface area contributed by atoms with Crippen LogP contribution in [0.1, 0.15) is 12.0 Å². The molecule has 0 radical (unpaired) electrons. The van der Waals surface area contributed by atoms with Gasteiger partial charge in [-0.15, -0.1) is 0 Å². The maximum Gasteiger partial charge on any atom is 0.0467 e. The molecule has 0 bridgehead atoms. The Morgan fingerprint density at radius 2 is 2.15 bits per heavy atom. The first-order chi connectivity index (χ1) is 6.31. The predicted octanol–water partition coefficient (Wildman–Crippen LogP) is 3.45. The van der Waals surface area contributed by atoms with Crippen LogP contribution in [0.25, 0.3) is 0 Å². The summed E-state index contributed by atoms with van der Waals surface area (Å²) in [5, 5.41) is 1.69. The molecule has 1 saturated heterocycles. The topological polar surface area (TPSA) is 3.24 Å². The van der Waals surface area contributed by atoms with E-state index in [-0.39, 0.29) is 0 Å². The molecule has 0 aliphatic carbocycles. The summed E-state index contributed by atoms with van der Waals surface area (Å²) < 4.78 is 0. The normalized spacial score (nSPS) is 15.7. The molecule has 1 nitrogen and oxygen atoms in total.